The van der Waals surface area contributed by atoms with Gasteiger partial charge in [-0.25, -0.2) is 9.59 Å². The number of nitrogens with zero attached hydrogens (tertiary/aromatic N) is 1. The van der Waals surface area contributed by atoms with Crippen LogP contribution in [0.4, 0.5) is 4.79 Å². The Morgan fingerprint density at radius 3 is 2.71 bits per heavy atom. The van der Waals surface area contributed by atoms with E-state index in [1.165, 1.54) is 0 Å². The second kappa shape index (κ2) is 9.18. The standard InChI is InChI=1S/C15H28N2O3S/c1-3-8-15(13(18)19)9-7-11-17(15)14(20)16-10-5-4-6-12-21-2/h3-12H2,1-2H3,(H,16,20)(H,18,19). The molecule has 1 aliphatic rings. The molecule has 6 heteroatoms. The number of unbranched alkanes of at least 4 members (excludes halogenated alkanes) is 2. The van der Waals surface area contributed by atoms with Crippen LogP contribution in [0, 0.1) is 0 Å². The number of thioether (sulfide) groups is 1. The summed E-state index contributed by atoms with van der Waals surface area (Å²) in [4.78, 5) is 25.5. The number of carboxylic acid groups (broad SMARTS) is 1. The lowest BCUT2D eigenvalue weighted by Crippen LogP contribution is -2.56. The Balaban J connectivity index is 2.46. The molecule has 0 aromatic rings. The van der Waals surface area contributed by atoms with Gasteiger partial charge in [0.2, 0.25) is 0 Å². The van der Waals surface area contributed by atoms with E-state index >= 15 is 0 Å². The maximum Gasteiger partial charge on any atom is 0.329 e. The van der Waals surface area contributed by atoms with Gasteiger partial charge in [0.15, 0.2) is 0 Å². The summed E-state index contributed by atoms with van der Waals surface area (Å²) in [5.41, 5.74) is -0.988. The zero-order chi connectivity index (χ0) is 15.7. The Kier molecular flexibility index (Phi) is 7.93. The number of hydrogen-bond acceptors (Lipinski definition) is 3. The van der Waals surface area contributed by atoms with Crippen LogP contribution >= 0.6 is 11.8 Å². The predicted octanol–water partition coefficient (Wildman–Crippen LogP) is 2.95. The number of likely N-dealkylation sites (tertiary alicyclic amines) is 1. The van der Waals surface area contributed by atoms with Gasteiger partial charge < -0.3 is 15.3 Å². The molecule has 0 spiro atoms. The fourth-order valence-electron chi connectivity index (χ4n) is 3.02. The van der Waals surface area contributed by atoms with Gasteiger partial charge in [0.25, 0.3) is 0 Å². The smallest absolute Gasteiger partial charge is 0.329 e. The Morgan fingerprint density at radius 1 is 1.33 bits per heavy atom. The number of aliphatic carboxylic acids is 1. The molecule has 1 fully saturated rings. The molecule has 0 aromatic carbocycles. The molecular formula is C15H28N2O3S. The maximum atomic E-state index is 12.3. The molecule has 2 N–H and O–H groups in total. The predicted molar refractivity (Wildman–Crippen MR) is 86.8 cm³/mol. The average Bonchev–Trinajstić information content (AvgIpc) is 2.88. The van der Waals surface area contributed by atoms with E-state index in [9.17, 15) is 14.7 Å². The molecule has 0 bridgehead atoms. The van der Waals surface area contributed by atoms with Crippen molar-refractivity contribution in [2.75, 3.05) is 25.1 Å². The molecular weight excluding hydrogens is 288 g/mol. The average molecular weight is 316 g/mol. The molecule has 0 saturated carbocycles. The van der Waals surface area contributed by atoms with Gasteiger partial charge >= 0.3 is 12.0 Å². The highest BCUT2D eigenvalue weighted by Gasteiger charge is 2.49. The van der Waals surface area contributed by atoms with E-state index in [1.54, 1.807) is 4.90 Å². The van der Waals surface area contributed by atoms with E-state index in [2.05, 4.69) is 11.6 Å². The third kappa shape index (κ3) is 4.80. The van der Waals surface area contributed by atoms with Crippen molar-refractivity contribution in [1.29, 1.82) is 0 Å². The Morgan fingerprint density at radius 2 is 2.10 bits per heavy atom. The second-order valence-corrected chi connectivity index (χ2v) is 6.61. The van der Waals surface area contributed by atoms with E-state index in [0.29, 0.717) is 25.9 Å². The molecule has 1 heterocycles. The quantitative estimate of drug-likeness (QED) is 0.642. The monoisotopic (exact) mass is 316 g/mol. The van der Waals surface area contributed by atoms with E-state index in [4.69, 9.17) is 0 Å². The van der Waals surface area contributed by atoms with Gasteiger partial charge in [0, 0.05) is 13.1 Å². The van der Waals surface area contributed by atoms with Crippen molar-refractivity contribution in [1.82, 2.24) is 10.2 Å². The highest BCUT2D eigenvalue weighted by atomic mass is 32.2. The van der Waals surface area contributed by atoms with Crippen LogP contribution in [0.3, 0.4) is 0 Å². The summed E-state index contributed by atoms with van der Waals surface area (Å²) in [6.07, 6.45) is 7.94. The number of nitrogens with one attached hydrogen (secondary N) is 1. The van der Waals surface area contributed by atoms with E-state index in [0.717, 1.165) is 37.9 Å². The van der Waals surface area contributed by atoms with Crippen LogP contribution in [0.5, 0.6) is 0 Å². The molecule has 0 aliphatic carbocycles. The van der Waals surface area contributed by atoms with E-state index < -0.39 is 11.5 Å². The van der Waals surface area contributed by atoms with E-state index in [1.807, 2.05) is 18.7 Å². The van der Waals surface area contributed by atoms with Gasteiger partial charge in [-0.1, -0.05) is 19.8 Å². The van der Waals surface area contributed by atoms with Crippen molar-refractivity contribution >= 4 is 23.8 Å². The van der Waals surface area contributed by atoms with Crippen LogP contribution in [0.25, 0.3) is 0 Å². The number of carbonyl (C=O) groups excluding carboxylic acids is 1. The number of carbonyl (C=O) groups is 2. The van der Waals surface area contributed by atoms with Crippen molar-refractivity contribution in [3.63, 3.8) is 0 Å². The van der Waals surface area contributed by atoms with Crippen molar-refractivity contribution in [2.24, 2.45) is 0 Å². The summed E-state index contributed by atoms with van der Waals surface area (Å²) >= 11 is 1.83. The summed E-state index contributed by atoms with van der Waals surface area (Å²) in [5.74, 6) is 0.288. The second-order valence-electron chi connectivity index (χ2n) is 5.63. The lowest BCUT2D eigenvalue weighted by Gasteiger charge is -2.34. The number of urea groups is 1. The van der Waals surface area contributed by atoms with Crippen molar-refractivity contribution in [3.8, 4) is 0 Å². The van der Waals surface area contributed by atoms with Gasteiger partial charge in [-0.2, -0.15) is 11.8 Å². The fraction of sp³-hybridized carbons (Fsp3) is 0.867. The fourth-order valence-corrected chi connectivity index (χ4v) is 3.51. The summed E-state index contributed by atoms with van der Waals surface area (Å²) in [7, 11) is 0. The van der Waals surface area contributed by atoms with E-state index in [-0.39, 0.29) is 6.03 Å². The van der Waals surface area contributed by atoms with Crippen LogP contribution in [-0.2, 0) is 4.79 Å². The van der Waals surface area contributed by atoms with Gasteiger partial charge in [-0.15, -0.1) is 0 Å². The minimum atomic E-state index is -0.988. The minimum absolute atomic E-state index is 0.215. The molecule has 0 radical (unpaired) electrons. The van der Waals surface area contributed by atoms with Gasteiger partial charge in [-0.3, -0.25) is 0 Å². The van der Waals surface area contributed by atoms with Crippen molar-refractivity contribution in [3.05, 3.63) is 0 Å². The first-order chi connectivity index (χ1) is 10.1. The van der Waals surface area contributed by atoms with Gasteiger partial charge in [0.05, 0.1) is 0 Å². The third-order valence-electron chi connectivity index (χ3n) is 4.10. The van der Waals surface area contributed by atoms with Gasteiger partial charge in [-0.05, 0) is 44.1 Å². The molecule has 5 nitrogen and oxygen atoms in total. The minimum Gasteiger partial charge on any atom is -0.479 e. The number of hydrogen-bond donors (Lipinski definition) is 2. The molecule has 1 unspecified atom stereocenters. The first-order valence-corrected chi connectivity index (χ1v) is 9.25. The largest absolute Gasteiger partial charge is 0.479 e. The summed E-state index contributed by atoms with van der Waals surface area (Å²) in [6, 6.07) is -0.215. The number of rotatable bonds is 9. The Hall–Kier alpha value is -0.910. The molecule has 122 valence electrons. The topological polar surface area (TPSA) is 69.6 Å². The first-order valence-electron chi connectivity index (χ1n) is 7.86. The lowest BCUT2D eigenvalue weighted by molar-refractivity contribution is -0.148. The van der Waals surface area contributed by atoms with Crippen LogP contribution in [0.1, 0.15) is 51.9 Å². The van der Waals surface area contributed by atoms with Crippen molar-refractivity contribution < 1.29 is 14.7 Å². The summed E-state index contributed by atoms with van der Waals surface area (Å²) in [6.45, 7) is 3.14. The maximum absolute atomic E-state index is 12.3. The van der Waals surface area contributed by atoms with Crippen LogP contribution in [-0.4, -0.2) is 52.6 Å². The third-order valence-corrected chi connectivity index (χ3v) is 4.79. The van der Waals surface area contributed by atoms with Crippen LogP contribution in [0.15, 0.2) is 0 Å². The SMILES string of the molecule is CCCC1(C(=O)O)CCCN1C(=O)NCCCCCSC. The van der Waals surface area contributed by atoms with Crippen molar-refractivity contribution in [2.45, 2.75) is 57.4 Å². The number of carboxylic acids is 1. The van der Waals surface area contributed by atoms with Crippen LogP contribution in [0.2, 0.25) is 0 Å². The Bertz CT molecular complexity index is 352. The Labute approximate surface area is 131 Å². The molecule has 21 heavy (non-hydrogen) atoms. The lowest BCUT2D eigenvalue weighted by atomic mass is 9.91. The molecule has 0 aromatic heterocycles. The molecule has 2 amide bonds. The highest BCUT2D eigenvalue weighted by molar-refractivity contribution is 7.98. The normalized spacial score (nSPS) is 21.5. The number of amides is 2. The zero-order valence-electron chi connectivity index (χ0n) is 13.2. The highest BCUT2D eigenvalue weighted by Crippen LogP contribution is 2.34. The summed E-state index contributed by atoms with van der Waals surface area (Å²) in [5, 5.41) is 12.4. The molecule has 1 aliphatic heterocycles. The van der Waals surface area contributed by atoms with Crippen LogP contribution < -0.4 is 5.32 Å². The molecule has 1 rings (SSSR count). The zero-order valence-corrected chi connectivity index (χ0v) is 14.0. The van der Waals surface area contributed by atoms with Gasteiger partial charge in [0.1, 0.15) is 5.54 Å². The molecule has 1 saturated heterocycles. The molecule has 1 atom stereocenters. The summed E-state index contributed by atoms with van der Waals surface area (Å²) < 4.78 is 0. The first kappa shape index (κ1) is 18.1.